The van der Waals surface area contributed by atoms with Crippen LogP contribution in [-0.2, 0) is 27.4 Å². The van der Waals surface area contributed by atoms with E-state index in [9.17, 15) is 13.2 Å². The van der Waals surface area contributed by atoms with Crippen molar-refractivity contribution >= 4 is 15.8 Å². The number of esters is 1. The minimum absolute atomic E-state index is 0.186. The van der Waals surface area contributed by atoms with Crippen LogP contribution in [0.3, 0.4) is 0 Å². The molecule has 0 aliphatic rings. The van der Waals surface area contributed by atoms with Crippen LogP contribution in [0.5, 0.6) is 0 Å². The monoisotopic (exact) mass is 318 g/mol. The highest BCUT2D eigenvalue weighted by atomic mass is 32.2. The number of aryl methyl sites for hydroxylation is 2. The lowest BCUT2D eigenvalue weighted by Crippen LogP contribution is -2.08. The van der Waals surface area contributed by atoms with Crippen LogP contribution in [0, 0.1) is 0 Å². The highest BCUT2D eigenvalue weighted by Crippen LogP contribution is 2.20. The molecule has 0 fully saturated rings. The summed E-state index contributed by atoms with van der Waals surface area (Å²) in [7, 11) is -2.14. The number of rotatable bonds is 5. The molecule has 2 aromatic rings. The normalized spacial score (nSPS) is 11.2. The Hall–Kier alpha value is -2.14. The molecule has 0 spiro atoms. The van der Waals surface area contributed by atoms with Crippen molar-refractivity contribution in [2.45, 2.75) is 17.7 Å². The van der Waals surface area contributed by atoms with Gasteiger partial charge in [-0.05, 0) is 36.1 Å². The number of sulfone groups is 1. The summed E-state index contributed by atoms with van der Waals surface area (Å²) in [6.45, 7) is 0. The minimum atomic E-state index is -3.41. The Morgan fingerprint density at radius 3 is 2.32 bits per heavy atom. The fraction of sp³-hybridized carbons (Fsp3) is 0.235. The molecule has 0 unspecified atom stereocenters. The second kappa shape index (κ2) is 6.75. The molecule has 0 radical (unpaired) electrons. The van der Waals surface area contributed by atoms with Crippen LogP contribution in [-0.4, -0.2) is 27.8 Å². The molecule has 0 saturated heterocycles. The highest BCUT2D eigenvalue weighted by Gasteiger charge is 2.17. The van der Waals surface area contributed by atoms with Gasteiger partial charge in [0.25, 0.3) is 0 Å². The summed E-state index contributed by atoms with van der Waals surface area (Å²) in [5.41, 5.74) is 2.09. The van der Waals surface area contributed by atoms with Crippen LogP contribution < -0.4 is 0 Å². The summed E-state index contributed by atoms with van der Waals surface area (Å²) in [6, 6.07) is 14.5. The predicted octanol–water partition coefficient (Wildman–Crippen LogP) is 2.66. The molecular formula is C17H18O4S. The summed E-state index contributed by atoms with van der Waals surface area (Å²) in [5.74, 6) is -0.542. The maximum atomic E-state index is 12.0. The first-order chi connectivity index (χ1) is 10.4. The first-order valence-corrected chi connectivity index (χ1v) is 8.76. The number of hydrogen-bond acceptors (Lipinski definition) is 4. The first kappa shape index (κ1) is 16.2. The van der Waals surface area contributed by atoms with E-state index in [0.29, 0.717) is 12.0 Å². The largest absolute Gasteiger partial charge is 0.465 e. The van der Waals surface area contributed by atoms with E-state index in [2.05, 4.69) is 4.74 Å². The van der Waals surface area contributed by atoms with Gasteiger partial charge in [-0.25, -0.2) is 13.2 Å². The maximum absolute atomic E-state index is 12.0. The lowest BCUT2D eigenvalue weighted by Gasteiger charge is -2.10. The zero-order valence-electron chi connectivity index (χ0n) is 12.6. The molecule has 2 aromatic carbocycles. The number of hydrogen-bond donors (Lipinski definition) is 0. The van der Waals surface area contributed by atoms with Crippen molar-refractivity contribution < 1.29 is 17.9 Å². The summed E-state index contributed by atoms with van der Waals surface area (Å²) in [6.07, 6.45) is 2.48. The molecule has 4 nitrogen and oxygen atoms in total. The zero-order valence-corrected chi connectivity index (χ0v) is 13.4. The molecule has 0 aliphatic carbocycles. The quantitative estimate of drug-likeness (QED) is 0.795. The van der Waals surface area contributed by atoms with Gasteiger partial charge < -0.3 is 4.74 Å². The van der Waals surface area contributed by atoms with E-state index >= 15 is 0 Å². The Morgan fingerprint density at radius 2 is 1.73 bits per heavy atom. The Kier molecular flexibility index (Phi) is 4.98. The fourth-order valence-corrected chi connectivity index (χ4v) is 3.26. The van der Waals surface area contributed by atoms with Gasteiger partial charge in [0.15, 0.2) is 9.84 Å². The van der Waals surface area contributed by atoms with Gasteiger partial charge in [0.05, 0.1) is 17.6 Å². The van der Waals surface area contributed by atoms with Gasteiger partial charge in [-0.15, -0.1) is 0 Å². The predicted molar refractivity (Wildman–Crippen MR) is 84.7 cm³/mol. The van der Waals surface area contributed by atoms with E-state index < -0.39 is 15.8 Å². The van der Waals surface area contributed by atoms with E-state index in [1.807, 2.05) is 30.3 Å². The van der Waals surface area contributed by atoms with Crippen molar-refractivity contribution in [3.05, 3.63) is 65.2 Å². The highest BCUT2D eigenvalue weighted by molar-refractivity contribution is 7.90. The number of methoxy groups -OCH3 is 1. The van der Waals surface area contributed by atoms with E-state index in [-0.39, 0.29) is 10.5 Å². The number of carbonyl (C=O) groups excluding carboxylic acids is 1. The average molecular weight is 318 g/mol. The topological polar surface area (TPSA) is 60.4 Å². The Labute approximate surface area is 130 Å². The second-order valence-electron chi connectivity index (χ2n) is 5.07. The smallest absolute Gasteiger partial charge is 0.337 e. The van der Waals surface area contributed by atoms with E-state index in [4.69, 9.17) is 0 Å². The molecule has 0 heterocycles. The van der Waals surface area contributed by atoms with E-state index in [1.54, 1.807) is 12.1 Å². The lowest BCUT2D eigenvalue weighted by molar-refractivity contribution is 0.0600. The van der Waals surface area contributed by atoms with Crippen molar-refractivity contribution in [1.29, 1.82) is 0 Å². The minimum Gasteiger partial charge on any atom is -0.465 e. The summed E-state index contributed by atoms with van der Waals surface area (Å²) >= 11 is 0. The van der Waals surface area contributed by atoms with Gasteiger partial charge in [-0.2, -0.15) is 0 Å². The molecule has 5 heteroatoms. The van der Waals surface area contributed by atoms with Gasteiger partial charge in [-0.3, -0.25) is 0 Å². The Balaban J connectivity index is 2.32. The van der Waals surface area contributed by atoms with Crippen molar-refractivity contribution in [2.75, 3.05) is 13.4 Å². The van der Waals surface area contributed by atoms with Crippen molar-refractivity contribution in [2.24, 2.45) is 0 Å². The number of ether oxygens (including phenoxy) is 1. The van der Waals surface area contributed by atoms with Crippen molar-refractivity contribution in [3.8, 4) is 0 Å². The third-order valence-electron chi connectivity index (χ3n) is 3.41. The van der Waals surface area contributed by atoms with Crippen molar-refractivity contribution in [1.82, 2.24) is 0 Å². The van der Waals surface area contributed by atoms with Crippen LogP contribution in [0.15, 0.2) is 53.4 Å². The molecule has 116 valence electrons. The molecule has 0 bridgehead atoms. The van der Waals surface area contributed by atoms with Gasteiger partial charge in [-0.1, -0.05) is 36.4 Å². The molecule has 0 aliphatic heterocycles. The summed E-state index contributed by atoms with van der Waals surface area (Å²) in [4.78, 5) is 11.8. The lowest BCUT2D eigenvalue weighted by atomic mass is 10.0. The molecule has 0 amide bonds. The van der Waals surface area contributed by atoms with E-state index in [0.717, 1.165) is 18.2 Å². The van der Waals surface area contributed by atoms with Crippen LogP contribution in [0.1, 0.15) is 21.5 Å². The third kappa shape index (κ3) is 3.95. The van der Waals surface area contributed by atoms with Crippen molar-refractivity contribution in [3.63, 3.8) is 0 Å². The van der Waals surface area contributed by atoms with Crippen LogP contribution in [0.2, 0.25) is 0 Å². The third-order valence-corrected chi connectivity index (χ3v) is 4.59. The maximum Gasteiger partial charge on any atom is 0.337 e. The van der Waals surface area contributed by atoms with Crippen LogP contribution in [0.4, 0.5) is 0 Å². The molecule has 0 aromatic heterocycles. The molecule has 22 heavy (non-hydrogen) atoms. The molecule has 0 atom stereocenters. The molecule has 2 rings (SSSR count). The summed E-state index contributed by atoms with van der Waals surface area (Å²) < 4.78 is 28.6. The van der Waals surface area contributed by atoms with Crippen LogP contribution >= 0.6 is 0 Å². The number of carbonyl (C=O) groups is 1. The van der Waals surface area contributed by atoms with Gasteiger partial charge in [0.1, 0.15) is 0 Å². The standard InChI is InChI=1S/C17H18O4S/c1-21-17(18)15-11-10-14(16(12-15)22(2,19)20)9-8-13-6-4-3-5-7-13/h3-7,10-12H,8-9H2,1-2H3. The van der Waals surface area contributed by atoms with Crippen LogP contribution in [0.25, 0.3) is 0 Å². The van der Waals surface area contributed by atoms with Gasteiger partial charge in [0.2, 0.25) is 0 Å². The van der Waals surface area contributed by atoms with E-state index in [1.165, 1.54) is 13.2 Å². The summed E-state index contributed by atoms with van der Waals surface area (Å²) in [5, 5.41) is 0. The number of benzene rings is 2. The molecule has 0 N–H and O–H groups in total. The molecule has 0 saturated carbocycles. The first-order valence-electron chi connectivity index (χ1n) is 6.87. The second-order valence-corrected chi connectivity index (χ2v) is 7.06. The van der Waals surface area contributed by atoms with Gasteiger partial charge >= 0.3 is 5.97 Å². The Bertz CT molecular complexity index is 765. The SMILES string of the molecule is COC(=O)c1ccc(CCc2ccccc2)c(S(C)(=O)=O)c1. The average Bonchev–Trinajstić information content (AvgIpc) is 2.52. The fourth-order valence-electron chi connectivity index (χ4n) is 2.27. The van der Waals surface area contributed by atoms with Gasteiger partial charge in [0, 0.05) is 6.26 Å². The zero-order chi connectivity index (χ0) is 16.2. The Morgan fingerprint density at radius 1 is 1.05 bits per heavy atom. The molecular weight excluding hydrogens is 300 g/mol.